The lowest BCUT2D eigenvalue weighted by atomic mass is 9.93. The molecule has 8 nitrogen and oxygen atoms in total. The number of fused-ring (bicyclic) bond motifs is 1. The first kappa shape index (κ1) is 17.4. The SMILES string of the molecule is CCC(C)n1ncc2c(C(=O)O)cc(/C=C/c3cn(C4CCC4)nn3)nc21. The maximum Gasteiger partial charge on any atom is 0.336 e. The predicted molar refractivity (Wildman–Crippen MR) is 101 cm³/mol. The van der Waals surface area contributed by atoms with E-state index in [9.17, 15) is 9.90 Å². The van der Waals surface area contributed by atoms with E-state index in [1.54, 1.807) is 23.0 Å². The van der Waals surface area contributed by atoms with E-state index in [1.165, 1.54) is 6.42 Å². The Labute approximate surface area is 156 Å². The lowest BCUT2D eigenvalue weighted by Crippen LogP contribution is -2.17. The highest BCUT2D eigenvalue weighted by Crippen LogP contribution is 2.30. The zero-order chi connectivity index (χ0) is 19.0. The third kappa shape index (κ3) is 3.22. The van der Waals surface area contributed by atoms with Crippen molar-refractivity contribution in [2.24, 2.45) is 0 Å². The van der Waals surface area contributed by atoms with Crippen LogP contribution in [-0.2, 0) is 0 Å². The van der Waals surface area contributed by atoms with Gasteiger partial charge in [0, 0.05) is 0 Å². The van der Waals surface area contributed by atoms with Crippen molar-refractivity contribution in [2.45, 2.75) is 51.6 Å². The van der Waals surface area contributed by atoms with Crippen molar-refractivity contribution in [1.29, 1.82) is 0 Å². The molecule has 4 rings (SSSR count). The van der Waals surface area contributed by atoms with Gasteiger partial charge in [-0.1, -0.05) is 12.1 Å². The van der Waals surface area contributed by atoms with Gasteiger partial charge >= 0.3 is 5.97 Å². The Morgan fingerprint density at radius 2 is 2.15 bits per heavy atom. The summed E-state index contributed by atoms with van der Waals surface area (Å²) < 4.78 is 3.69. The molecule has 3 aromatic rings. The molecule has 27 heavy (non-hydrogen) atoms. The molecule has 1 saturated carbocycles. The molecule has 0 spiro atoms. The number of aromatic carboxylic acids is 1. The molecule has 1 aliphatic rings. The zero-order valence-electron chi connectivity index (χ0n) is 15.4. The van der Waals surface area contributed by atoms with Gasteiger partial charge in [0.25, 0.3) is 0 Å². The monoisotopic (exact) mass is 366 g/mol. The largest absolute Gasteiger partial charge is 0.478 e. The summed E-state index contributed by atoms with van der Waals surface area (Å²) in [6.45, 7) is 4.10. The number of carboxylic acid groups (broad SMARTS) is 1. The Morgan fingerprint density at radius 3 is 2.81 bits per heavy atom. The van der Waals surface area contributed by atoms with Gasteiger partial charge in [-0.05, 0) is 50.8 Å². The number of hydrogen-bond donors (Lipinski definition) is 1. The molecule has 0 amide bonds. The Hall–Kier alpha value is -3.03. The third-order valence-electron chi connectivity index (χ3n) is 5.23. The van der Waals surface area contributed by atoms with Crippen LogP contribution in [0.2, 0.25) is 0 Å². The molecule has 140 valence electrons. The number of carboxylic acids is 1. The van der Waals surface area contributed by atoms with E-state index in [0.29, 0.717) is 22.8 Å². The summed E-state index contributed by atoms with van der Waals surface area (Å²) in [4.78, 5) is 16.3. The van der Waals surface area contributed by atoms with E-state index in [0.717, 1.165) is 25.0 Å². The molecular weight excluding hydrogens is 344 g/mol. The first-order valence-electron chi connectivity index (χ1n) is 9.28. The molecule has 0 aliphatic heterocycles. The summed E-state index contributed by atoms with van der Waals surface area (Å²) in [5, 5.41) is 22.8. The second-order valence-electron chi connectivity index (χ2n) is 7.03. The number of carbonyl (C=O) groups is 1. The molecule has 1 N–H and O–H groups in total. The summed E-state index contributed by atoms with van der Waals surface area (Å²) in [6, 6.07) is 2.16. The van der Waals surface area contributed by atoms with Crippen LogP contribution in [0.4, 0.5) is 0 Å². The fraction of sp³-hybridized carbons (Fsp3) is 0.421. The van der Waals surface area contributed by atoms with Gasteiger partial charge in [-0.25, -0.2) is 19.1 Å². The highest BCUT2D eigenvalue weighted by molar-refractivity contribution is 6.02. The fourth-order valence-corrected chi connectivity index (χ4v) is 3.16. The van der Waals surface area contributed by atoms with Crippen molar-refractivity contribution >= 4 is 29.2 Å². The summed E-state index contributed by atoms with van der Waals surface area (Å²) in [7, 11) is 0. The van der Waals surface area contributed by atoms with Gasteiger partial charge in [0.2, 0.25) is 0 Å². The number of nitrogens with zero attached hydrogens (tertiary/aromatic N) is 6. The Kier molecular flexibility index (Phi) is 4.47. The van der Waals surface area contributed by atoms with Crippen molar-refractivity contribution < 1.29 is 9.90 Å². The molecule has 0 bridgehead atoms. The van der Waals surface area contributed by atoms with Gasteiger partial charge in [0.1, 0.15) is 5.69 Å². The number of rotatable bonds is 6. The highest BCUT2D eigenvalue weighted by Gasteiger charge is 2.20. The van der Waals surface area contributed by atoms with Gasteiger partial charge in [0.15, 0.2) is 5.65 Å². The standard InChI is InChI=1S/C19H22N6O2/c1-3-12(2)25-18-17(10-20-25)16(19(26)27)9-13(21-18)7-8-14-11-24(23-22-14)15-5-4-6-15/h7-12,15H,3-6H2,1-2H3,(H,26,27)/b8-7+. The summed E-state index contributed by atoms with van der Waals surface area (Å²) in [5.41, 5.74) is 2.08. The van der Waals surface area contributed by atoms with Crippen LogP contribution < -0.4 is 0 Å². The van der Waals surface area contributed by atoms with Crippen LogP contribution in [0, 0.1) is 0 Å². The van der Waals surface area contributed by atoms with Crippen LogP contribution in [0.1, 0.15) is 73.4 Å². The van der Waals surface area contributed by atoms with Crippen LogP contribution in [0.15, 0.2) is 18.5 Å². The molecule has 1 unspecified atom stereocenters. The second-order valence-corrected chi connectivity index (χ2v) is 7.03. The van der Waals surface area contributed by atoms with Gasteiger partial charge in [0.05, 0.1) is 41.1 Å². The van der Waals surface area contributed by atoms with E-state index < -0.39 is 5.97 Å². The van der Waals surface area contributed by atoms with Crippen LogP contribution in [0.25, 0.3) is 23.2 Å². The van der Waals surface area contributed by atoms with E-state index in [2.05, 4.69) is 27.3 Å². The fourth-order valence-electron chi connectivity index (χ4n) is 3.16. The van der Waals surface area contributed by atoms with Crippen molar-refractivity contribution in [3.63, 3.8) is 0 Å². The first-order chi connectivity index (χ1) is 13.1. The van der Waals surface area contributed by atoms with Crippen LogP contribution in [0.3, 0.4) is 0 Å². The lowest BCUT2D eigenvalue weighted by molar-refractivity contribution is 0.0699. The average Bonchev–Trinajstić information content (AvgIpc) is 3.24. The van der Waals surface area contributed by atoms with E-state index in [-0.39, 0.29) is 11.6 Å². The van der Waals surface area contributed by atoms with Gasteiger partial charge in [-0.15, -0.1) is 5.10 Å². The molecule has 1 fully saturated rings. The Bertz CT molecular complexity index is 1010. The molecule has 8 heteroatoms. The van der Waals surface area contributed by atoms with Crippen LogP contribution >= 0.6 is 0 Å². The minimum atomic E-state index is -0.989. The number of hydrogen-bond acceptors (Lipinski definition) is 5. The summed E-state index contributed by atoms with van der Waals surface area (Å²) >= 11 is 0. The van der Waals surface area contributed by atoms with Gasteiger partial charge < -0.3 is 5.11 Å². The molecule has 3 aromatic heterocycles. The normalized spacial score (nSPS) is 16.1. The molecule has 3 heterocycles. The van der Waals surface area contributed by atoms with Gasteiger partial charge in [-0.2, -0.15) is 5.10 Å². The van der Waals surface area contributed by atoms with Crippen LogP contribution in [-0.4, -0.2) is 40.8 Å². The Balaban J connectivity index is 1.70. The van der Waals surface area contributed by atoms with Crippen molar-refractivity contribution in [2.75, 3.05) is 0 Å². The van der Waals surface area contributed by atoms with E-state index >= 15 is 0 Å². The maximum atomic E-state index is 11.7. The minimum Gasteiger partial charge on any atom is -0.478 e. The maximum absolute atomic E-state index is 11.7. The molecule has 1 aliphatic carbocycles. The van der Waals surface area contributed by atoms with Crippen molar-refractivity contribution in [3.05, 3.63) is 35.4 Å². The summed E-state index contributed by atoms with van der Waals surface area (Å²) in [6.07, 6.45) is 11.5. The second kappa shape index (κ2) is 6.94. The average molecular weight is 366 g/mol. The molecule has 0 saturated heterocycles. The van der Waals surface area contributed by atoms with Crippen LogP contribution in [0.5, 0.6) is 0 Å². The smallest absolute Gasteiger partial charge is 0.336 e. The quantitative estimate of drug-likeness (QED) is 0.716. The van der Waals surface area contributed by atoms with E-state index in [4.69, 9.17) is 0 Å². The topological polar surface area (TPSA) is 98.7 Å². The minimum absolute atomic E-state index is 0.137. The van der Waals surface area contributed by atoms with Crippen molar-refractivity contribution in [3.8, 4) is 0 Å². The van der Waals surface area contributed by atoms with Crippen molar-refractivity contribution in [1.82, 2.24) is 29.8 Å². The lowest BCUT2D eigenvalue weighted by Gasteiger charge is -2.24. The third-order valence-corrected chi connectivity index (χ3v) is 5.23. The summed E-state index contributed by atoms with van der Waals surface area (Å²) in [5.74, 6) is -0.989. The highest BCUT2D eigenvalue weighted by atomic mass is 16.4. The molecule has 1 atom stereocenters. The first-order valence-corrected chi connectivity index (χ1v) is 9.28. The Morgan fingerprint density at radius 1 is 1.37 bits per heavy atom. The molecular formula is C19H22N6O2. The van der Waals surface area contributed by atoms with E-state index in [1.807, 2.05) is 23.9 Å². The number of aromatic nitrogens is 6. The predicted octanol–water partition coefficient (Wildman–Crippen LogP) is 3.59. The van der Waals surface area contributed by atoms with Gasteiger partial charge in [-0.3, -0.25) is 0 Å². The molecule has 0 radical (unpaired) electrons. The molecule has 0 aromatic carbocycles. The number of pyridine rings is 1. The zero-order valence-corrected chi connectivity index (χ0v) is 15.4.